The number of alkyl carbamates (subject to hydrolysis) is 1. The molecule has 1 aromatic heterocycles. The summed E-state index contributed by atoms with van der Waals surface area (Å²) in [5.41, 5.74) is -1.18. The number of benzene rings is 1. The number of rotatable bonds is 8. The third kappa shape index (κ3) is 7.65. The Hall–Kier alpha value is -2.36. The van der Waals surface area contributed by atoms with Crippen LogP contribution in [0.5, 0.6) is 0 Å². The second-order valence-electron chi connectivity index (χ2n) is 8.71. The number of amides is 2. The van der Waals surface area contributed by atoms with Gasteiger partial charge in [-0.15, -0.1) is 0 Å². The lowest BCUT2D eigenvalue weighted by Gasteiger charge is -2.26. The van der Waals surface area contributed by atoms with Crippen LogP contribution in [0, 0.1) is 0 Å². The monoisotopic (exact) mass is 485 g/mol. The molecule has 0 saturated heterocycles. The lowest BCUT2D eigenvalue weighted by atomic mass is 10.1. The van der Waals surface area contributed by atoms with E-state index < -0.39 is 17.2 Å². The Balaban J connectivity index is 1.99. The molecule has 1 heterocycles. The lowest BCUT2D eigenvalue weighted by molar-refractivity contribution is -0.117. The minimum atomic E-state index is -0.917. The minimum Gasteiger partial charge on any atom is -0.444 e. The topological polar surface area (TPSA) is 110 Å². The van der Waals surface area contributed by atoms with Gasteiger partial charge in [-0.05, 0) is 53.3 Å². The molecule has 0 aliphatic rings. The van der Waals surface area contributed by atoms with Crippen molar-refractivity contribution < 1.29 is 18.8 Å². The van der Waals surface area contributed by atoms with Gasteiger partial charge in [-0.3, -0.25) is 9.69 Å². The van der Waals surface area contributed by atoms with Crippen molar-refractivity contribution in [2.75, 3.05) is 18.4 Å². The Kier molecular flexibility index (Phi) is 8.50. The van der Waals surface area contributed by atoms with Crippen molar-refractivity contribution in [3.05, 3.63) is 40.0 Å². The van der Waals surface area contributed by atoms with Gasteiger partial charge in [-0.25, -0.2) is 4.79 Å². The quantitative estimate of drug-likeness (QED) is 0.561. The highest BCUT2D eigenvalue weighted by molar-refractivity contribution is 6.39. The van der Waals surface area contributed by atoms with Gasteiger partial charge < -0.3 is 19.9 Å². The zero-order chi connectivity index (χ0) is 24.1. The largest absolute Gasteiger partial charge is 0.444 e. The first-order chi connectivity index (χ1) is 14.8. The molecule has 2 aromatic rings. The Labute approximate surface area is 197 Å². The van der Waals surface area contributed by atoms with Crippen molar-refractivity contribution in [3.8, 4) is 0 Å². The van der Waals surface area contributed by atoms with Gasteiger partial charge in [0.25, 0.3) is 0 Å². The fraction of sp³-hybridized carbons (Fsp3) is 0.524. The number of aromatic nitrogens is 2. The normalized spacial score (nSPS) is 12.0. The Morgan fingerprint density at radius 1 is 1.16 bits per heavy atom. The van der Waals surface area contributed by atoms with Gasteiger partial charge in [0.05, 0.1) is 28.8 Å². The molecular formula is C21H29Cl2N5O4. The van der Waals surface area contributed by atoms with Crippen LogP contribution < -0.4 is 10.6 Å². The van der Waals surface area contributed by atoms with Crippen LogP contribution in [0.3, 0.4) is 0 Å². The van der Waals surface area contributed by atoms with Gasteiger partial charge >= 0.3 is 6.09 Å². The van der Waals surface area contributed by atoms with Gasteiger partial charge in [-0.2, -0.15) is 4.98 Å². The van der Waals surface area contributed by atoms with Crippen LogP contribution in [0.4, 0.5) is 10.5 Å². The highest BCUT2D eigenvalue weighted by Gasteiger charge is 2.31. The average Bonchev–Trinajstić information content (AvgIpc) is 3.12. The Morgan fingerprint density at radius 3 is 2.34 bits per heavy atom. The maximum absolute atomic E-state index is 12.5. The smallest absolute Gasteiger partial charge is 0.408 e. The van der Waals surface area contributed by atoms with Gasteiger partial charge in [0.1, 0.15) is 11.1 Å². The first-order valence-electron chi connectivity index (χ1n) is 10.1. The molecule has 0 spiro atoms. The van der Waals surface area contributed by atoms with Gasteiger partial charge in [0, 0.05) is 0 Å². The molecule has 0 radical (unpaired) electrons. The number of likely N-dealkylation sites (N-methyl/N-ethyl adjacent to an activating group) is 1. The van der Waals surface area contributed by atoms with E-state index in [-0.39, 0.29) is 19.0 Å². The van der Waals surface area contributed by atoms with E-state index in [9.17, 15) is 9.59 Å². The van der Waals surface area contributed by atoms with Crippen LogP contribution >= 0.6 is 23.2 Å². The van der Waals surface area contributed by atoms with Crippen molar-refractivity contribution in [2.45, 2.75) is 59.2 Å². The van der Waals surface area contributed by atoms with Crippen LogP contribution in [0.25, 0.3) is 0 Å². The summed E-state index contributed by atoms with van der Waals surface area (Å²) in [6.45, 7) is 11.6. The fourth-order valence-corrected chi connectivity index (χ4v) is 3.15. The summed E-state index contributed by atoms with van der Waals surface area (Å²) in [6.07, 6.45) is -0.584. The summed E-state index contributed by atoms with van der Waals surface area (Å²) in [7, 11) is 0. The van der Waals surface area contributed by atoms with E-state index in [1.165, 1.54) is 0 Å². The second-order valence-corrected chi connectivity index (χ2v) is 9.53. The Morgan fingerprint density at radius 2 is 1.78 bits per heavy atom. The van der Waals surface area contributed by atoms with E-state index in [0.29, 0.717) is 34.0 Å². The van der Waals surface area contributed by atoms with E-state index in [4.69, 9.17) is 32.5 Å². The van der Waals surface area contributed by atoms with Crippen molar-refractivity contribution >= 4 is 40.9 Å². The number of carbonyl (C=O) groups excluding carboxylic acids is 2. The number of carbonyl (C=O) groups is 2. The summed E-state index contributed by atoms with van der Waals surface area (Å²) in [6, 6.07) is 4.99. The number of nitrogens with zero attached hydrogens (tertiary/aromatic N) is 3. The minimum absolute atomic E-state index is 0.0648. The number of anilines is 1. The maximum atomic E-state index is 12.5. The summed E-state index contributed by atoms with van der Waals surface area (Å²) < 4.78 is 10.6. The first-order valence-corrected chi connectivity index (χ1v) is 10.9. The zero-order valence-electron chi connectivity index (χ0n) is 19.1. The third-order valence-corrected chi connectivity index (χ3v) is 4.87. The van der Waals surface area contributed by atoms with Crippen LogP contribution in [0.15, 0.2) is 22.7 Å². The van der Waals surface area contributed by atoms with Crippen molar-refractivity contribution in [3.63, 3.8) is 0 Å². The number of hydrogen-bond acceptors (Lipinski definition) is 7. The van der Waals surface area contributed by atoms with E-state index in [2.05, 4.69) is 20.8 Å². The first kappa shape index (κ1) is 25.9. The summed E-state index contributed by atoms with van der Waals surface area (Å²) in [4.78, 5) is 30.8. The third-order valence-electron chi connectivity index (χ3n) is 4.24. The van der Waals surface area contributed by atoms with Crippen molar-refractivity contribution in [1.29, 1.82) is 0 Å². The van der Waals surface area contributed by atoms with Gasteiger partial charge in [0.2, 0.25) is 11.8 Å². The Bertz CT molecular complexity index is 936. The number of para-hydroxylation sites is 1. The standard InChI is InChI=1S/C21H29Cl2N5O4/c1-7-28(11-15(29)24-17-13(22)9-8-10-14(17)23)12-16-25-18(27-32-16)21(5,6)26-19(30)31-20(2,3)4/h8-10H,7,11-12H2,1-6H3,(H,24,29)(H,26,30). The van der Waals surface area contributed by atoms with Crippen molar-refractivity contribution in [1.82, 2.24) is 20.4 Å². The fourth-order valence-electron chi connectivity index (χ4n) is 2.66. The number of halogens is 2. The molecule has 2 rings (SSSR count). The van der Waals surface area contributed by atoms with Crippen molar-refractivity contribution in [2.24, 2.45) is 0 Å². The molecule has 0 bridgehead atoms. The van der Waals surface area contributed by atoms with Gasteiger partial charge in [-0.1, -0.05) is 41.3 Å². The molecule has 0 fully saturated rings. The number of ether oxygens (including phenoxy) is 1. The predicted octanol–water partition coefficient (Wildman–Crippen LogP) is 4.60. The van der Waals surface area contributed by atoms with E-state index in [1.54, 1.807) is 52.8 Å². The van der Waals surface area contributed by atoms with E-state index in [1.807, 2.05) is 11.8 Å². The number of nitrogens with one attached hydrogen (secondary N) is 2. The molecule has 1 aromatic carbocycles. The van der Waals surface area contributed by atoms with Crippen LogP contribution in [0.1, 0.15) is 53.3 Å². The molecule has 176 valence electrons. The molecule has 2 N–H and O–H groups in total. The molecule has 0 atom stereocenters. The number of hydrogen-bond donors (Lipinski definition) is 2. The van der Waals surface area contributed by atoms with Crippen LogP contribution in [0.2, 0.25) is 10.0 Å². The molecule has 2 amide bonds. The molecule has 0 saturated carbocycles. The van der Waals surface area contributed by atoms with Gasteiger partial charge in [0.15, 0.2) is 5.82 Å². The molecule has 0 aliphatic carbocycles. The molecule has 0 aliphatic heterocycles. The summed E-state index contributed by atoms with van der Waals surface area (Å²) in [5.74, 6) is 0.319. The SMILES string of the molecule is CCN(CC(=O)Nc1c(Cl)cccc1Cl)Cc1nc(C(C)(C)NC(=O)OC(C)(C)C)no1. The van der Waals surface area contributed by atoms with Crippen LogP contribution in [-0.4, -0.2) is 45.7 Å². The molecule has 9 nitrogen and oxygen atoms in total. The molecular weight excluding hydrogens is 457 g/mol. The zero-order valence-corrected chi connectivity index (χ0v) is 20.6. The highest BCUT2D eigenvalue weighted by atomic mass is 35.5. The van der Waals surface area contributed by atoms with E-state index >= 15 is 0 Å². The summed E-state index contributed by atoms with van der Waals surface area (Å²) >= 11 is 12.2. The van der Waals surface area contributed by atoms with Crippen LogP contribution in [-0.2, 0) is 21.6 Å². The summed E-state index contributed by atoms with van der Waals surface area (Å²) in [5, 5.41) is 10.1. The average molecular weight is 486 g/mol. The predicted molar refractivity (Wildman–Crippen MR) is 123 cm³/mol. The molecule has 11 heteroatoms. The van der Waals surface area contributed by atoms with E-state index in [0.717, 1.165) is 0 Å². The molecule has 32 heavy (non-hydrogen) atoms. The second kappa shape index (κ2) is 10.5. The lowest BCUT2D eigenvalue weighted by Crippen LogP contribution is -2.44. The maximum Gasteiger partial charge on any atom is 0.408 e. The highest BCUT2D eigenvalue weighted by Crippen LogP contribution is 2.29. The molecule has 0 unspecified atom stereocenters.